The van der Waals surface area contributed by atoms with Crippen LogP contribution < -0.4 is 4.73 Å². The van der Waals surface area contributed by atoms with Gasteiger partial charge in [-0.1, -0.05) is 16.8 Å². The third kappa shape index (κ3) is 4.10. The fourth-order valence-corrected chi connectivity index (χ4v) is 2.33. The van der Waals surface area contributed by atoms with E-state index in [2.05, 4.69) is 21.1 Å². The van der Waals surface area contributed by atoms with Crippen molar-refractivity contribution >= 4 is 33.2 Å². The molecular weight excluding hydrogens is 400 g/mol. The first-order valence-corrected chi connectivity index (χ1v) is 8.13. The molecule has 1 aromatic carbocycles. The molecule has 0 bridgehead atoms. The summed E-state index contributed by atoms with van der Waals surface area (Å²) < 4.78 is 0.940. The second-order valence-electron chi connectivity index (χ2n) is 5.99. The average molecular weight is 416 g/mol. The number of nitrogens with zero attached hydrogens (tertiary/aromatic N) is 2. The molecule has 8 heteroatoms. The summed E-state index contributed by atoms with van der Waals surface area (Å²) in [7, 11) is 0. The van der Waals surface area contributed by atoms with Gasteiger partial charge in [0, 0.05) is 16.6 Å². The van der Waals surface area contributed by atoms with Gasteiger partial charge >= 0.3 is 0 Å². The number of hydrogen-bond acceptors (Lipinski definition) is 5. The first kappa shape index (κ1) is 18.4. The average Bonchev–Trinajstić information content (AvgIpc) is 2.45. The van der Waals surface area contributed by atoms with Gasteiger partial charge in [-0.3, -0.25) is 0 Å². The van der Waals surface area contributed by atoms with Gasteiger partial charge in [-0.25, -0.2) is 0 Å². The highest BCUT2D eigenvalue weighted by Gasteiger charge is 2.26. The lowest BCUT2D eigenvalue weighted by Gasteiger charge is -2.17. The summed E-state index contributed by atoms with van der Waals surface area (Å²) in [6.45, 7) is 5.34. The van der Waals surface area contributed by atoms with Crippen molar-refractivity contribution < 1.29 is 19.8 Å². The summed E-state index contributed by atoms with van der Waals surface area (Å²) in [5.41, 5.74) is -0.622. The van der Waals surface area contributed by atoms with Crippen LogP contribution >= 0.6 is 27.5 Å². The molecule has 128 valence electrons. The molecule has 24 heavy (non-hydrogen) atoms. The molecule has 0 saturated carbocycles. The first-order valence-electron chi connectivity index (χ1n) is 6.96. The highest BCUT2D eigenvalue weighted by molar-refractivity contribution is 9.10. The number of halogens is 2. The molecule has 0 aliphatic rings. The van der Waals surface area contributed by atoms with E-state index in [4.69, 9.17) is 16.4 Å². The lowest BCUT2D eigenvalue weighted by molar-refractivity contribution is -0.607. The maximum atomic E-state index is 12.1. The second kappa shape index (κ2) is 6.86. The second-order valence-corrected chi connectivity index (χ2v) is 7.26. The van der Waals surface area contributed by atoms with Gasteiger partial charge in [0.05, 0.1) is 10.6 Å². The molecule has 0 radical (unpaired) electrons. The fraction of sp³-hybridized carbons (Fsp3) is 0.250. The molecule has 1 heterocycles. The van der Waals surface area contributed by atoms with Crippen molar-refractivity contribution in [2.24, 2.45) is 5.16 Å². The van der Waals surface area contributed by atoms with Crippen molar-refractivity contribution in [1.82, 2.24) is 0 Å². The van der Waals surface area contributed by atoms with Gasteiger partial charge in [-0.15, -0.1) is 0 Å². The molecule has 0 fully saturated rings. The minimum absolute atomic E-state index is 0.0205. The molecule has 0 saturated heterocycles. The number of rotatable bonds is 3. The van der Waals surface area contributed by atoms with E-state index in [0.29, 0.717) is 14.2 Å². The van der Waals surface area contributed by atoms with Gasteiger partial charge in [0.2, 0.25) is 0 Å². The van der Waals surface area contributed by atoms with Crippen LogP contribution in [-0.2, 0) is 4.84 Å². The summed E-state index contributed by atoms with van der Waals surface area (Å²) in [5.74, 6) is -0.503. The Balaban J connectivity index is 2.72. The number of aromatic hydroxyl groups is 2. The predicted octanol–water partition coefficient (Wildman–Crippen LogP) is 3.71. The Morgan fingerprint density at radius 3 is 2.54 bits per heavy atom. The van der Waals surface area contributed by atoms with Crippen LogP contribution in [0.3, 0.4) is 0 Å². The van der Waals surface area contributed by atoms with Crippen LogP contribution in [0.2, 0.25) is 5.02 Å². The zero-order chi connectivity index (χ0) is 18.1. The van der Waals surface area contributed by atoms with Gasteiger partial charge in [-0.2, -0.15) is 4.73 Å². The van der Waals surface area contributed by atoms with Crippen molar-refractivity contribution in [3.05, 3.63) is 56.4 Å². The van der Waals surface area contributed by atoms with E-state index in [0.717, 1.165) is 0 Å². The lowest BCUT2D eigenvalue weighted by Crippen LogP contribution is -2.35. The minimum atomic E-state index is -0.636. The summed E-state index contributed by atoms with van der Waals surface area (Å²) in [5, 5.41) is 36.8. The van der Waals surface area contributed by atoms with Crippen LogP contribution in [0.4, 0.5) is 0 Å². The molecule has 0 aliphatic carbocycles. The molecule has 0 atom stereocenters. The SMILES string of the molecule is CC(C)(C)ON=C(c1cc(Br)c(Cl)cc1O)c1c(O)ccc[n+]1[O-]. The third-order valence-electron chi connectivity index (χ3n) is 2.87. The van der Waals surface area contributed by atoms with E-state index < -0.39 is 5.60 Å². The van der Waals surface area contributed by atoms with E-state index in [1.54, 1.807) is 20.8 Å². The Kier molecular flexibility index (Phi) is 5.25. The van der Waals surface area contributed by atoms with Gasteiger partial charge in [0.15, 0.2) is 17.7 Å². The standard InChI is InChI=1S/C16H16BrClN2O4/c1-16(2,3)24-19-14(15-12(21)5-4-6-20(15)23)9-7-10(17)11(18)8-13(9)22/h4-8,21-22H,1-3H3. The molecular formula is C16H16BrClN2O4. The third-order valence-corrected chi connectivity index (χ3v) is 4.06. The largest absolute Gasteiger partial charge is 0.618 e. The molecule has 2 aromatic rings. The zero-order valence-electron chi connectivity index (χ0n) is 13.2. The van der Waals surface area contributed by atoms with E-state index in [1.165, 1.54) is 30.5 Å². The van der Waals surface area contributed by atoms with Crippen LogP contribution in [0.1, 0.15) is 32.0 Å². The highest BCUT2D eigenvalue weighted by atomic mass is 79.9. The Morgan fingerprint density at radius 1 is 1.29 bits per heavy atom. The monoisotopic (exact) mass is 414 g/mol. The highest BCUT2D eigenvalue weighted by Crippen LogP contribution is 2.32. The Labute approximate surface area is 152 Å². The van der Waals surface area contributed by atoms with Crippen LogP contribution in [0.5, 0.6) is 11.5 Å². The van der Waals surface area contributed by atoms with Gasteiger partial charge in [0.1, 0.15) is 11.4 Å². The smallest absolute Gasteiger partial charge is 0.288 e. The number of phenolic OH excluding ortho intramolecular Hbond substituents is 1. The normalized spacial score (nSPS) is 12.3. The molecule has 0 aliphatic heterocycles. The number of benzene rings is 1. The van der Waals surface area contributed by atoms with Gasteiger partial charge in [-0.05, 0) is 48.8 Å². The molecule has 1 aromatic heterocycles. The first-order chi connectivity index (χ1) is 11.1. The molecule has 0 amide bonds. The Hall–Kier alpha value is -1.99. The van der Waals surface area contributed by atoms with Crippen LogP contribution in [0.25, 0.3) is 0 Å². The number of hydrogen-bond donors (Lipinski definition) is 2. The Morgan fingerprint density at radius 2 is 1.96 bits per heavy atom. The van der Waals surface area contributed by atoms with Crippen LogP contribution in [-0.4, -0.2) is 21.5 Å². The van der Waals surface area contributed by atoms with Crippen molar-refractivity contribution in [1.29, 1.82) is 0 Å². The number of pyridine rings is 1. The summed E-state index contributed by atoms with van der Waals surface area (Å²) >= 11 is 9.22. The van der Waals surface area contributed by atoms with Gasteiger partial charge in [0.25, 0.3) is 5.69 Å². The van der Waals surface area contributed by atoms with Crippen molar-refractivity contribution in [2.45, 2.75) is 26.4 Å². The zero-order valence-corrected chi connectivity index (χ0v) is 15.6. The van der Waals surface area contributed by atoms with E-state index in [-0.39, 0.29) is 28.5 Å². The summed E-state index contributed by atoms with van der Waals surface area (Å²) in [6.07, 6.45) is 1.21. The molecule has 0 spiro atoms. The quantitative estimate of drug-likeness (QED) is 0.346. The maximum Gasteiger partial charge on any atom is 0.288 e. The summed E-state index contributed by atoms with van der Waals surface area (Å²) in [4.78, 5) is 5.40. The number of oxime groups is 1. The number of aromatic nitrogens is 1. The van der Waals surface area contributed by atoms with Crippen LogP contribution in [0.15, 0.2) is 40.1 Å². The van der Waals surface area contributed by atoms with E-state index in [9.17, 15) is 15.4 Å². The molecule has 2 N–H and O–H groups in total. The van der Waals surface area contributed by atoms with Crippen molar-refractivity contribution in [2.75, 3.05) is 0 Å². The number of phenols is 1. The van der Waals surface area contributed by atoms with E-state index >= 15 is 0 Å². The summed E-state index contributed by atoms with van der Waals surface area (Å²) in [6, 6.07) is 5.54. The molecule has 6 nitrogen and oxygen atoms in total. The molecule has 0 unspecified atom stereocenters. The lowest BCUT2D eigenvalue weighted by atomic mass is 10.0. The molecule has 2 rings (SSSR count). The predicted molar refractivity (Wildman–Crippen MR) is 94.4 cm³/mol. The van der Waals surface area contributed by atoms with Crippen LogP contribution in [0, 0.1) is 5.21 Å². The van der Waals surface area contributed by atoms with Crippen molar-refractivity contribution in [3.8, 4) is 11.5 Å². The van der Waals surface area contributed by atoms with Gasteiger partial charge < -0.3 is 20.3 Å². The van der Waals surface area contributed by atoms with E-state index in [1.807, 2.05) is 0 Å². The maximum absolute atomic E-state index is 12.1. The van der Waals surface area contributed by atoms with Crippen molar-refractivity contribution in [3.63, 3.8) is 0 Å². The fourth-order valence-electron chi connectivity index (χ4n) is 1.83. The minimum Gasteiger partial charge on any atom is -0.618 e. The topological polar surface area (TPSA) is 89.0 Å². The Bertz CT molecular complexity index is 783.